The first kappa shape index (κ1) is 18.9. The lowest BCUT2D eigenvalue weighted by Gasteiger charge is -2.31. The molecule has 0 aromatic heterocycles. The van der Waals surface area contributed by atoms with E-state index in [1.165, 1.54) is 17.5 Å². The van der Waals surface area contributed by atoms with Gasteiger partial charge in [-0.3, -0.25) is 0 Å². The van der Waals surface area contributed by atoms with E-state index < -0.39 is 25.1 Å². The van der Waals surface area contributed by atoms with Crippen LogP contribution in [-0.2, 0) is 19.9 Å². The molecule has 1 fully saturated rings. The highest BCUT2D eigenvalue weighted by atomic mass is 32.2. The van der Waals surface area contributed by atoms with Gasteiger partial charge >= 0.3 is 0 Å². The van der Waals surface area contributed by atoms with Crippen molar-refractivity contribution in [1.82, 2.24) is 4.31 Å². The molecule has 6 nitrogen and oxygen atoms in total. The molecule has 1 saturated heterocycles. The van der Waals surface area contributed by atoms with Gasteiger partial charge in [-0.25, -0.2) is 16.8 Å². The van der Waals surface area contributed by atoms with E-state index in [0.717, 1.165) is 0 Å². The summed E-state index contributed by atoms with van der Waals surface area (Å²) in [4.78, 5) is 0.387. The third-order valence-electron chi connectivity index (χ3n) is 4.60. The Morgan fingerprint density at radius 3 is 2.08 bits per heavy atom. The van der Waals surface area contributed by atoms with Crippen LogP contribution in [-0.4, -0.2) is 46.6 Å². The second kappa shape index (κ2) is 7.38. The van der Waals surface area contributed by atoms with Gasteiger partial charge in [-0.05, 0) is 37.1 Å². The Hall–Kier alpha value is -1.90. The van der Waals surface area contributed by atoms with Crippen LogP contribution in [0.15, 0.2) is 64.4 Å². The zero-order chi connectivity index (χ0) is 18.8. The Morgan fingerprint density at radius 1 is 0.885 bits per heavy atom. The lowest BCUT2D eigenvalue weighted by molar-refractivity contribution is 0.342. The third-order valence-corrected chi connectivity index (χ3v) is 8.81. The van der Waals surface area contributed by atoms with Crippen LogP contribution in [0.2, 0.25) is 0 Å². The molecule has 8 heteroatoms. The van der Waals surface area contributed by atoms with Crippen LogP contribution in [0.25, 0.3) is 0 Å². The van der Waals surface area contributed by atoms with Crippen molar-refractivity contribution >= 4 is 19.9 Å². The van der Waals surface area contributed by atoms with E-state index in [-0.39, 0.29) is 41.5 Å². The SMILES string of the molecule is COc1ccccc1S(=O)(=O)N1CCC(S(=O)(=O)c2ccccc2)CC1. The Bertz CT molecular complexity index is 964. The first-order valence-electron chi connectivity index (χ1n) is 8.29. The molecule has 1 heterocycles. The number of rotatable bonds is 5. The Balaban J connectivity index is 1.78. The molecule has 0 spiro atoms. The Labute approximate surface area is 154 Å². The maximum Gasteiger partial charge on any atom is 0.246 e. The molecule has 0 radical (unpaired) electrons. The summed E-state index contributed by atoms with van der Waals surface area (Å²) in [6.07, 6.45) is 0.539. The van der Waals surface area contributed by atoms with E-state index in [4.69, 9.17) is 4.74 Å². The molecular weight excluding hydrogens is 374 g/mol. The first-order chi connectivity index (χ1) is 12.4. The van der Waals surface area contributed by atoms with Gasteiger partial charge < -0.3 is 4.74 Å². The van der Waals surface area contributed by atoms with Crippen LogP contribution in [0.3, 0.4) is 0 Å². The number of hydrogen-bond acceptors (Lipinski definition) is 5. The van der Waals surface area contributed by atoms with Crippen molar-refractivity contribution in [2.24, 2.45) is 0 Å². The van der Waals surface area contributed by atoms with Crippen LogP contribution >= 0.6 is 0 Å². The van der Waals surface area contributed by atoms with Crippen molar-refractivity contribution < 1.29 is 21.6 Å². The summed E-state index contributed by atoms with van der Waals surface area (Å²) in [7, 11) is -5.76. The van der Waals surface area contributed by atoms with Gasteiger partial charge in [-0.2, -0.15) is 4.31 Å². The normalized spacial score (nSPS) is 17.1. The molecule has 0 N–H and O–H groups in total. The topological polar surface area (TPSA) is 80.8 Å². The van der Waals surface area contributed by atoms with Gasteiger partial charge in [-0.15, -0.1) is 0 Å². The van der Waals surface area contributed by atoms with Crippen molar-refractivity contribution in [1.29, 1.82) is 0 Å². The van der Waals surface area contributed by atoms with Crippen LogP contribution in [0.4, 0.5) is 0 Å². The van der Waals surface area contributed by atoms with Crippen molar-refractivity contribution in [3.05, 3.63) is 54.6 Å². The van der Waals surface area contributed by atoms with Gasteiger partial charge in [0.25, 0.3) is 0 Å². The number of para-hydroxylation sites is 1. The monoisotopic (exact) mass is 395 g/mol. The minimum atomic E-state index is -3.72. The zero-order valence-corrected chi connectivity index (χ0v) is 16.0. The van der Waals surface area contributed by atoms with E-state index in [9.17, 15) is 16.8 Å². The second-order valence-corrected chi connectivity index (χ2v) is 10.2. The molecule has 140 valence electrons. The summed E-state index contributed by atoms with van der Waals surface area (Å²) in [6, 6.07) is 14.7. The maximum absolute atomic E-state index is 12.9. The number of nitrogens with zero attached hydrogens (tertiary/aromatic N) is 1. The van der Waals surface area contributed by atoms with Gasteiger partial charge in [0.05, 0.1) is 17.3 Å². The van der Waals surface area contributed by atoms with Crippen molar-refractivity contribution in [3.63, 3.8) is 0 Å². The van der Waals surface area contributed by atoms with Gasteiger partial charge in [0.2, 0.25) is 10.0 Å². The van der Waals surface area contributed by atoms with Crippen molar-refractivity contribution in [3.8, 4) is 5.75 Å². The van der Waals surface area contributed by atoms with Gasteiger partial charge in [-0.1, -0.05) is 30.3 Å². The van der Waals surface area contributed by atoms with Gasteiger partial charge in [0.15, 0.2) is 9.84 Å². The molecule has 1 aliphatic heterocycles. The number of ether oxygens (including phenoxy) is 1. The first-order valence-corrected chi connectivity index (χ1v) is 11.3. The van der Waals surface area contributed by atoms with E-state index >= 15 is 0 Å². The third kappa shape index (κ3) is 3.49. The highest BCUT2D eigenvalue weighted by molar-refractivity contribution is 7.92. The summed E-state index contributed by atoms with van der Waals surface area (Å²) in [6.45, 7) is 0.328. The van der Waals surface area contributed by atoms with Gasteiger partial charge in [0.1, 0.15) is 10.6 Å². The predicted molar refractivity (Wildman–Crippen MR) is 98.4 cm³/mol. The van der Waals surface area contributed by atoms with Crippen molar-refractivity contribution in [2.75, 3.05) is 20.2 Å². The zero-order valence-electron chi connectivity index (χ0n) is 14.4. The molecule has 0 atom stereocenters. The summed E-state index contributed by atoms with van der Waals surface area (Å²) >= 11 is 0. The van der Waals surface area contributed by atoms with Crippen LogP contribution in [0.5, 0.6) is 5.75 Å². The number of methoxy groups -OCH3 is 1. The second-order valence-electron chi connectivity index (χ2n) is 6.11. The fourth-order valence-corrected chi connectivity index (χ4v) is 6.54. The molecule has 2 aromatic rings. The van der Waals surface area contributed by atoms with Crippen LogP contribution in [0, 0.1) is 0 Å². The molecule has 0 saturated carbocycles. The molecule has 0 unspecified atom stereocenters. The standard InChI is InChI=1S/C18H21NO5S2/c1-24-17-9-5-6-10-18(17)26(22,23)19-13-11-16(12-14-19)25(20,21)15-7-3-2-4-8-15/h2-10,16H,11-14H2,1H3. The Morgan fingerprint density at radius 2 is 1.46 bits per heavy atom. The predicted octanol–water partition coefficient (Wildman–Crippen LogP) is 2.32. The summed E-state index contributed by atoms with van der Waals surface area (Å²) in [5, 5.41) is -0.575. The smallest absolute Gasteiger partial charge is 0.246 e. The Kier molecular flexibility index (Phi) is 5.36. The van der Waals surface area contributed by atoms with E-state index in [1.54, 1.807) is 48.5 Å². The molecular formula is C18H21NO5S2. The number of benzene rings is 2. The molecule has 1 aliphatic rings. The average molecular weight is 396 g/mol. The highest BCUT2D eigenvalue weighted by Crippen LogP contribution is 2.30. The average Bonchev–Trinajstić information content (AvgIpc) is 2.68. The number of hydrogen-bond donors (Lipinski definition) is 0. The molecule has 0 aliphatic carbocycles. The quantitative estimate of drug-likeness (QED) is 0.776. The fraction of sp³-hybridized carbons (Fsp3) is 0.333. The van der Waals surface area contributed by atoms with E-state index in [0.29, 0.717) is 0 Å². The summed E-state index contributed by atoms with van der Waals surface area (Å²) < 4.78 is 57.7. The minimum Gasteiger partial charge on any atom is -0.495 e. The molecule has 3 rings (SSSR count). The molecule has 0 amide bonds. The lowest BCUT2D eigenvalue weighted by atomic mass is 10.2. The summed E-state index contributed by atoms with van der Waals surface area (Å²) in [5.41, 5.74) is 0. The number of piperidine rings is 1. The highest BCUT2D eigenvalue weighted by Gasteiger charge is 2.36. The number of sulfone groups is 1. The molecule has 26 heavy (non-hydrogen) atoms. The fourth-order valence-electron chi connectivity index (χ4n) is 3.16. The van der Waals surface area contributed by atoms with Gasteiger partial charge in [0, 0.05) is 13.1 Å². The maximum atomic E-state index is 12.9. The lowest BCUT2D eigenvalue weighted by Crippen LogP contribution is -2.42. The van der Waals surface area contributed by atoms with Crippen molar-refractivity contribution in [2.45, 2.75) is 27.9 Å². The van der Waals surface area contributed by atoms with Crippen LogP contribution < -0.4 is 4.74 Å². The van der Waals surface area contributed by atoms with Crippen LogP contribution in [0.1, 0.15) is 12.8 Å². The largest absolute Gasteiger partial charge is 0.495 e. The number of sulfonamides is 1. The van der Waals surface area contributed by atoms with E-state index in [2.05, 4.69) is 0 Å². The minimum absolute atomic E-state index is 0.104. The molecule has 0 bridgehead atoms. The summed E-state index contributed by atoms with van der Waals surface area (Å²) in [5.74, 6) is 0.284. The van der Waals surface area contributed by atoms with E-state index in [1.807, 2.05) is 0 Å². The molecule has 2 aromatic carbocycles.